The van der Waals surface area contributed by atoms with Crippen LogP contribution in [0.5, 0.6) is 5.75 Å². The van der Waals surface area contributed by atoms with Gasteiger partial charge in [0.2, 0.25) is 0 Å². The summed E-state index contributed by atoms with van der Waals surface area (Å²) in [5, 5.41) is 5.14. The Kier molecular flexibility index (Phi) is 6.82. The molecule has 4 nitrogen and oxygen atoms in total. The summed E-state index contributed by atoms with van der Waals surface area (Å²) in [4.78, 5) is 12.9. The van der Waals surface area contributed by atoms with Gasteiger partial charge in [-0.15, -0.1) is 0 Å². The largest absolute Gasteiger partial charge is 0.495 e. The number of amides is 1. The average Bonchev–Trinajstić information content (AvgIpc) is 2.59. The first-order valence-corrected chi connectivity index (χ1v) is 8.49. The SMILES string of the molecule is CCCC[NH2+][C@H](C(=O)Nc1cc(C)ccc1OC)c1ccccc1. The fourth-order valence-electron chi connectivity index (χ4n) is 2.67. The number of quaternary nitrogens is 1. The monoisotopic (exact) mass is 327 g/mol. The van der Waals surface area contributed by atoms with Crippen LogP contribution in [0, 0.1) is 6.92 Å². The molecule has 0 aliphatic rings. The van der Waals surface area contributed by atoms with E-state index in [2.05, 4.69) is 17.6 Å². The van der Waals surface area contributed by atoms with Crippen LogP contribution < -0.4 is 15.4 Å². The van der Waals surface area contributed by atoms with Crippen molar-refractivity contribution in [2.75, 3.05) is 19.0 Å². The number of aryl methyl sites for hydroxylation is 1. The van der Waals surface area contributed by atoms with Crippen LogP contribution in [0.15, 0.2) is 48.5 Å². The number of nitrogens with one attached hydrogen (secondary N) is 1. The first kappa shape index (κ1) is 18.0. The highest BCUT2D eigenvalue weighted by Crippen LogP contribution is 2.26. The van der Waals surface area contributed by atoms with Gasteiger partial charge < -0.3 is 15.4 Å². The maximum Gasteiger partial charge on any atom is 0.287 e. The number of carbonyl (C=O) groups is 1. The quantitative estimate of drug-likeness (QED) is 0.732. The molecular weight excluding hydrogens is 300 g/mol. The molecular formula is C20H27N2O2+. The van der Waals surface area contributed by atoms with Gasteiger partial charge in [0.05, 0.1) is 19.3 Å². The summed E-state index contributed by atoms with van der Waals surface area (Å²) >= 11 is 0. The van der Waals surface area contributed by atoms with Gasteiger partial charge in [-0.1, -0.05) is 49.7 Å². The zero-order valence-electron chi connectivity index (χ0n) is 14.7. The first-order valence-electron chi connectivity index (χ1n) is 8.49. The number of methoxy groups -OCH3 is 1. The molecule has 0 radical (unpaired) electrons. The number of ether oxygens (including phenoxy) is 1. The number of rotatable bonds is 8. The van der Waals surface area contributed by atoms with Gasteiger partial charge in [0.25, 0.3) is 5.91 Å². The van der Waals surface area contributed by atoms with E-state index < -0.39 is 0 Å². The second kappa shape index (κ2) is 9.08. The van der Waals surface area contributed by atoms with Crippen LogP contribution in [-0.2, 0) is 4.79 Å². The Morgan fingerprint density at radius 1 is 1.21 bits per heavy atom. The molecule has 0 unspecified atom stereocenters. The maximum absolute atomic E-state index is 12.9. The van der Waals surface area contributed by atoms with E-state index in [1.807, 2.05) is 55.5 Å². The summed E-state index contributed by atoms with van der Waals surface area (Å²) in [6.45, 7) is 5.08. The highest BCUT2D eigenvalue weighted by Gasteiger charge is 2.24. The smallest absolute Gasteiger partial charge is 0.287 e. The van der Waals surface area contributed by atoms with E-state index in [4.69, 9.17) is 4.74 Å². The van der Waals surface area contributed by atoms with E-state index >= 15 is 0 Å². The summed E-state index contributed by atoms with van der Waals surface area (Å²) in [6, 6.07) is 15.4. The standard InChI is InChI=1S/C20H26N2O2/c1-4-5-13-21-19(16-9-7-6-8-10-16)20(23)22-17-14-15(2)11-12-18(17)24-3/h6-12,14,19,21H,4-5,13H2,1-3H3,(H,22,23)/p+1/t19-/m0/s1. The van der Waals surface area contributed by atoms with Crippen LogP contribution in [-0.4, -0.2) is 19.6 Å². The normalized spacial score (nSPS) is 11.8. The summed E-state index contributed by atoms with van der Waals surface area (Å²) in [6.07, 6.45) is 2.20. The summed E-state index contributed by atoms with van der Waals surface area (Å²) in [7, 11) is 1.61. The predicted molar refractivity (Wildman–Crippen MR) is 97.2 cm³/mol. The third-order valence-electron chi connectivity index (χ3n) is 4.01. The predicted octanol–water partition coefficient (Wildman–Crippen LogP) is 3.05. The minimum absolute atomic E-state index is 0.0267. The summed E-state index contributed by atoms with van der Waals surface area (Å²) < 4.78 is 5.36. The van der Waals surface area contributed by atoms with Gasteiger partial charge in [0, 0.05) is 5.56 Å². The third kappa shape index (κ3) is 4.83. The van der Waals surface area contributed by atoms with Crippen molar-refractivity contribution in [2.24, 2.45) is 0 Å². The molecule has 2 aromatic carbocycles. The molecule has 0 bridgehead atoms. The molecule has 1 atom stereocenters. The maximum atomic E-state index is 12.9. The Hall–Kier alpha value is -2.33. The topological polar surface area (TPSA) is 54.9 Å². The lowest BCUT2D eigenvalue weighted by atomic mass is 10.1. The van der Waals surface area contributed by atoms with Crippen molar-refractivity contribution in [3.63, 3.8) is 0 Å². The van der Waals surface area contributed by atoms with Gasteiger partial charge in [-0.05, 0) is 31.0 Å². The molecule has 24 heavy (non-hydrogen) atoms. The molecule has 0 aliphatic heterocycles. The Labute approximate surface area is 144 Å². The number of hydrogen-bond acceptors (Lipinski definition) is 2. The molecule has 0 heterocycles. The van der Waals surface area contributed by atoms with Gasteiger partial charge in [0.1, 0.15) is 5.75 Å². The minimum Gasteiger partial charge on any atom is -0.495 e. The highest BCUT2D eigenvalue weighted by atomic mass is 16.5. The first-order chi connectivity index (χ1) is 11.7. The van der Waals surface area contributed by atoms with Gasteiger partial charge >= 0.3 is 0 Å². The van der Waals surface area contributed by atoms with Crippen molar-refractivity contribution in [3.05, 3.63) is 59.7 Å². The van der Waals surface area contributed by atoms with E-state index in [1.54, 1.807) is 7.11 Å². The minimum atomic E-state index is -0.261. The molecule has 3 N–H and O–H groups in total. The third-order valence-corrected chi connectivity index (χ3v) is 4.01. The van der Waals surface area contributed by atoms with Gasteiger partial charge in [-0.25, -0.2) is 0 Å². The lowest BCUT2D eigenvalue weighted by Gasteiger charge is -2.17. The molecule has 0 saturated heterocycles. The Morgan fingerprint density at radius 2 is 1.96 bits per heavy atom. The molecule has 128 valence electrons. The van der Waals surface area contributed by atoms with E-state index in [0.29, 0.717) is 11.4 Å². The van der Waals surface area contributed by atoms with Crippen molar-refractivity contribution in [3.8, 4) is 5.75 Å². The highest BCUT2D eigenvalue weighted by molar-refractivity contribution is 5.95. The number of carbonyl (C=O) groups excluding carboxylic acids is 1. The van der Waals surface area contributed by atoms with E-state index in [-0.39, 0.29) is 11.9 Å². The van der Waals surface area contributed by atoms with Crippen LogP contribution in [0.1, 0.15) is 36.9 Å². The van der Waals surface area contributed by atoms with Crippen molar-refractivity contribution in [1.82, 2.24) is 0 Å². The van der Waals surface area contributed by atoms with Gasteiger partial charge in [-0.3, -0.25) is 4.79 Å². The fraction of sp³-hybridized carbons (Fsp3) is 0.350. The van der Waals surface area contributed by atoms with Crippen molar-refractivity contribution in [2.45, 2.75) is 32.7 Å². The van der Waals surface area contributed by atoms with Crippen LogP contribution >= 0.6 is 0 Å². The number of benzene rings is 2. The summed E-state index contributed by atoms with van der Waals surface area (Å²) in [5.74, 6) is 0.649. The van der Waals surface area contributed by atoms with Gasteiger partial charge in [0.15, 0.2) is 6.04 Å². The fourth-order valence-corrected chi connectivity index (χ4v) is 2.67. The summed E-state index contributed by atoms with van der Waals surface area (Å²) in [5.41, 5.74) is 2.81. The van der Waals surface area contributed by atoms with Crippen molar-refractivity contribution in [1.29, 1.82) is 0 Å². The second-order valence-electron chi connectivity index (χ2n) is 5.96. The lowest BCUT2D eigenvalue weighted by molar-refractivity contribution is -0.682. The molecule has 2 aromatic rings. The zero-order chi connectivity index (χ0) is 17.4. The van der Waals surface area contributed by atoms with Crippen molar-refractivity contribution >= 4 is 11.6 Å². The Balaban J connectivity index is 2.20. The zero-order valence-corrected chi connectivity index (χ0v) is 14.7. The van der Waals surface area contributed by atoms with E-state index in [9.17, 15) is 4.79 Å². The Morgan fingerprint density at radius 3 is 2.62 bits per heavy atom. The van der Waals surface area contributed by atoms with Gasteiger partial charge in [-0.2, -0.15) is 0 Å². The molecule has 0 fully saturated rings. The van der Waals surface area contributed by atoms with Crippen LogP contribution in [0.4, 0.5) is 5.69 Å². The molecule has 0 saturated carbocycles. The van der Waals surface area contributed by atoms with Crippen LogP contribution in [0.25, 0.3) is 0 Å². The number of unbranched alkanes of at least 4 members (excludes halogenated alkanes) is 1. The van der Waals surface area contributed by atoms with E-state index in [1.165, 1.54) is 0 Å². The van der Waals surface area contributed by atoms with E-state index in [0.717, 1.165) is 30.5 Å². The second-order valence-corrected chi connectivity index (χ2v) is 5.96. The molecule has 0 aromatic heterocycles. The number of hydrogen-bond donors (Lipinski definition) is 2. The molecule has 4 heteroatoms. The molecule has 0 aliphatic carbocycles. The number of anilines is 1. The molecule has 2 rings (SSSR count). The molecule has 0 spiro atoms. The molecule has 1 amide bonds. The van der Waals surface area contributed by atoms with Crippen LogP contribution in [0.2, 0.25) is 0 Å². The lowest BCUT2D eigenvalue weighted by Crippen LogP contribution is -2.87. The Bertz CT molecular complexity index is 656. The van der Waals surface area contributed by atoms with Crippen LogP contribution in [0.3, 0.4) is 0 Å². The van der Waals surface area contributed by atoms with Crippen molar-refractivity contribution < 1.29 is 14.8 Å². The number of nitrogens with two attached hydrogens (primary N) is 1. The average molecular weight is 327 g/mol.